The number of pyridine rings is 1. The van der Waals surface area contributed by atoms with Gasteiger partial charge in [0.25, 0.3) is 0 Å². The molecular weight excluding hydrogens is 527 g/mol. The number of nitrogens with one attached hydrogen (secondary N) is 1. The predicted octanol–water partition coefficient (Wildman–Crippen LogP) is 5.88. The molecule has 0 radical (unpaired) electrons. The minimum atomic E-state index is -0.403. The van der Waals surface area contributed by atoms with Crippen LogP contribution < -0.4 is 15.0 Å². The average Bonchev–Trinajstić information content (AvgIpc) is 3.69. The second kappa shape index (κ2) is 10.4. The summed E-state index contributed by atoms with van der Waals surface area (Å²) in [5, 5.41) is 6.52. The molecule has 8 rings (SSSR count). The van der Waals surface area contributed by atoms with Gasteiger partial charge in [-0.3, -0.25) is 9.88 Å². The summed E-state index contributed by atoms with van der Waals surface area (Å²) in [6.45, 7) is 6.67. The fourth-order valence-electron chi connectivity index (χ4n) is 8.24. The first-order valence-corrected chi connectivity index (χ1v) is 15.9. The molecule has 4 fully saturated rings. The van der Waals surface area contributed by atoms with Crippen molar-refractivity contribution < 1.29 is 9.13 Å². The van der Waals surface area contributed by atoms with Gasteiger partial charge in [-0.05, 0) is 74.4 Å². The number of fused-ring (bicyclic) bond motifs is 5. The van der Waals surface area contributed by atoms with Crippen LogP contribution in [0.25, 0.3) is 32.9 Å². The van der Waals surface area contributed by atoms with Crippen molar-refractivity contribution in [3.05, 3.63) is 54.0 Å². The number of hydrogen-bond acceptors (Lipinski definition) is 7. The highest BCUT2D eigenvalue weighted by molar-refractivity contribution is 6.00. The number of anilines is 1. The number of aryl methyl sites for hydroxylation is 1. The third-order valence-corrected chi connectivity index (χ3v) is 10.2. The zero-order valence-electron chi connectivity index (χ0n) is 24.4. The molecule has 1 N–H and O–H groups in total. The molecule has 0 unspecified atom stereocenters. The van der Waals surface area contributed by atoms with E-state index in [1.807, 2.05) is 12.1 Å². The maximum Gasteiger partial charge on any atom is 0.319 e. The lowest BCUT2D eigenvalue weighted by molar-refractivity contribution is 0.108. The van der Waals surface area contributed by atoms with Gasteiger partial charge in [-0.2, -0.15) is 9.97 Å². The Hall–Kier alpha value is -3.36. The summed E-state index contributed by atoms with van der Waals surface area (Å²) in [5.41, 5.74) is 2.72. The molecule has 7 nitrogen and oxygen atoms in total. The first kappa shape index (κ1) is 26.3. The van der Waals surface area contributed by atoms with Crippen molar-refractivity contribution in [3.63, 3.8) is 0 Å². The maximum absolute atomic E-state index is 16.8. The minimum Gasteiger partial charge on any atom is -0.461 e. The second-order valence-corrected chi connectivity index (χ2v) is 12.8. The number of halogens is 1. The van der Waals surface area contributed by atoms with Crippen LogP contribution in [0.15, 0.2) is 42.6 Å². The van der Waals surface area contributed by atoms with Crippen molar-refractivity contribution in [1.29, 1.82) is 0 Å². The quantitative estimate of drug-likeness (QED) is 0.300. The summed E-state index contributed by atoms with van der Waals surface area (Å²) >= 11 is 0. The monoisotopic (exact) mass is 566 g/mol. The number of aromatic nitrogens is 3. The third kappa shape index (κ3) is 4.33. The number of nitrogens with zero attached hydrogens (tertiary/aromatic N) is 5. The Bertz CT molecular complexity index is 1630. The lowest BCUT2D eigenvalue weighted by atomic mass is 9.94. The zero-order valence-corrected chi connectivity index (χ0v) is 24.4. The largest absolute Gasteiger partial charge is 0.461 e. The molecule has 4 aliphatic rings. The molecule has 0 amide bonds. The molecule has 2 atom stereocenters. The van der Waals surface area contributed by atoms with Crippen LogP contribution in [-0.2, 0) is 6.42 Å². The third-order valence-electron chi connectivity index (χ3n) is 10.2. The van der Waals surface area contributed by atoms with Crippen molar-refractivity contribution in [2.45, 2.75) is 75.9 Å². The topological polar surface area (TPSA) is 66.4 Å². The van der Waals surface area contributed by atoms with E-state index in [4.69, 9.17) is 19.7 Å². The van der Waals surface area contributed by atoms with Crippen LogP contribution in [-0.4, -0.2) is 70.3 Å². The van der Waals surface area contributed by atoms with E-state index < -0.39 is 5.82 Å². The van der Waals surface area contributed by atoms with E-state index in [-0.39, 0.29) is 11.5 Å². The molecule has 2 aromatic carbocycles. The summed E-state index contributed by atoms with van der Waals surface area (Å²) in [7, 11) is 0. The number of hydrogen-bond donors (Lipinski definition) is 1. The summed E-state index contributed by atoms with van der Waals surface area (Å²) in [4.78, 5) is 19.4. The summed E-state index contributed by atoms with van der Waals surface area (Å²) in [5.74, 6) is 0.336. The van der Waals surface area contributed by atoms with Crippen LogP contribution in [0.4, 0.5) is 10.2 Å². The number of piperazine rings is 1. The van der Waals surface area contributed by atoms with Gasteiger partial charge in [0.1, 0.15) is 23.6 Å². The summed E-state index contributed by atoms with van der Waals surface area (Å²) < 4.78 is 23.2. The van der Waals surface area contributed by atoms with Gasteiger partial charge in [-0.25, -0.2) is 4.39 Å². The van der Waals surface area contributed by atoms with E-state index in [2.05, 4.69) is 46.3 Å². The molecule has 0 saturated carbocycles. The van der Waals surface area contributed by atoms with E-state index >= 15 is 4.39 Å². The summed E-state index contributed by atoms with van der Waals surface area (Å²) in [6.07, 6.45) is 10.7. The molecule has 8 heteroatoms. The average molecular weight is 567 g/mol. The molecule has 42 heavy (non-hydrogen) atoms. The molecule has 4 aliphatic heterocycles. The van der Waals surface area contributed by atoms with E-state index in [1.54, 1.807) is 6.20 Å². The van der Waals surface area contributed by atoms with Gasteiger partial charge in [0, 0.05) is 36.9 Å². The van der Waals surface area contributed by atoms with Gasteiger partial charge < -0.3 is 15.0 Å². The van der Waals surface area contributed by atoms with Crippen LogP contribution in [0.3, 0.4) is 0 Å². The zero-order chi connectivity index (χ0) is 28.3. The second-order valence-electron chi connectivity index (χ2n) is 12.8. The minimum absolute atomic E-state index is 0.0627. The van der Waals surface area contributed by atoms with Crippen molar-refractivity contribution >= 4 is 27.5 Å². The van der Waals surface area contributed by atoms with Crippen molar-refractivity contribution in [2.24, 2.45) is 0 Å². The fraction of sp³-hybridized carbons (Fsp3) is 0.500. The Kier molecular flexibility index (Phi) is 6.52. The van der Waals surface area contributed by atoms with Crippen LogP contribution in [0, 0.1) is 5.82 Å². The van der Waals surface area contributed by atoms with Gasteiger partial charge in [-0.15, -0.1) is 0 Å². The van der Waals surface area contributed by atoms with Gasteiger partial charge in [0.2, 0.25) is 0 Å². The molecule has 4 aromatic rings. The highest BCUT2D eigenvalue weighted by atomic mass is 19.1. The normalized spacial score (nSPS) is 23.2. The molecular formula is C34H39FN6O. The highest BCUT2D eigenvalue weighted by Crippen LogP contribution is 2.40. The standard InChI is InChI=1S/C34H39FN6O/c1-2-7-22-8-3-9-23-10-4-11-26(28(22)23)30-29(35)31-27(18-36-30)32(40-19-24-12-13-25(20-40)37-24)39-33(38-31)42-21-34-14-5-16-41(34)17-6-15-34/h3-4,8-11,18,24-25,37H,2,5-7,12-17,19-21H2,1H3/t24-,25+. The number of rotatable bonds is 7. The lowest BCUT2D eigenvalue weighted by Crippen LogP contribution is -2.51. The van der Waals surface area contributed by atoms with E-state index in [0.29, 0.717) is 35.3 Å². The number of ether oxygens (including phenoxy) is 1. The van der Waals surface area contributed by atoms with Crippen molar-refractivity contribution in [3.8, 4) is 17.3 Å². The van der Waals surface area contributed by atoms with E-state index in [1.165, 1.54) is 18.4 Å². The van der Waals surface area contributed by atoms with Gasteiger partial charge >= 0.3 is 6.01 Å². The molecule has 2 aromatic heterocycles. The van der Waals surface area contributed by atoms with Crippen molar-refractivity contribution in [1.82, 2.24) is 25.2 Å². The highest BCUT2D eigenvalue weighted by Gasteiger charge is 2.45. The first-order valence-electron chi connectivity index (χ1n) is 15.9. The van der Waals surface area contributed by atoms with Crippen LogP contribution in [0.2, 0.25) is 0 Å². The smallest absolute Gasteiger partial charge is 0.319 e. The molecule has 218 valence electrons. The first-order chi connectivity index (χ1) is 20.6. The number of benzene rings is 2. The van der Waals surface area contributed by atoms with E-state index in [9.17, 15) is 0 Å². The van der Waals surface area contributed by atoms with Gasteiger partial charge in [-0.1, -0.05) is 49.7 Å². The Morgan fingerprint density at radius 2 is 1.79 bits per heavy atom. The Labute approximate surface area is 246 Å². The van der Waals surface area contributed by atoms with Crippen molar-refractivity contribution in [2.75, 3.05) is 37.7 Å². The van der Waals surface area contributed by atoms with Crippen LogP contribution >= 0.6 is 0 Å². The predicted molar refractivity (Wildman–Crippen MR) is 165 cm³/mol. The maximum atomic E-state index is 16.8. The summed E-state index contributed by atoms with van der Waals surface area (Å²) in [6, 6.07) is 13.5. The Morgan fingerprint density at radius 3 is 2.55 bits per heavy atom. The fourth-order valence-corrected chi connectivity index (χ4v) is 8.24. The van der Waals surface area contributed by atoms with Crippen LogP contribution in [0.1, 0.15) is 57.4 Å². The molecule has 6 heterocycles. The van der Waals surface area contributed by atoms with Gasteiger partial charge in [0.15, 0.2) is 5.82 Å². The molecule has 2 bridgehead atoms. The van der Waals surface area contributed by atoms with E-state index in [0.717, 1.165) is 86.9 Å². The molecule has 4 saturated heterocycles. The SMILES string of the molecule is CCCc1cccc2cccc(-c3ncc4c(N5C[C@H]6CC[C@@H](C5)N6)nc(OCC56CCCN5CCC6)nc4c3F)c12. The molecule has 0 aliphatic carbocycles. The Balaban J connectivity index is 1.25. The lowest BCUT2D eigenvalue weighted by Gasteiger charge is -2.34. The van der Waals surface area contributed by atoms with Gasteiger partial charge in [0.05, 0.1) is 10.9 Å². The van der Waals surface area contributed by atoms with Crippen LogP contribution in [0.5, 0.6) is 6.01 Å². The Morgan fingerprint density at radius 1 is 1.02 bits per heavy atom. The molecule has 0 spiro atoms.